The maximum Gasteiger partial charge on any atom is 0.151 e. The summed E-state index contributed by atoms with van der Waals surface area (Å²) < 4.78 is 13.9. The van der Waals surface area contributed by atoms with Gasteiger partial charge in [-0.15, -0.1) is 0 Å². The second-order valence-electron chi connectivity index (χ2n) is 3.39. The van der Waals surface area contributed by atoms with E-state index in [1.54, 1.807) is 6.07 Å². The minimum atomic E-state index is -1.51. The van der Waals surface area contributed by atoms with E-state index in [4.69, 9.17) is 0 Å². The predicted octanol–water partition coefficient (Wildman–Crippen LogP) is 2.08. The Morgan fingerprint density at radius 3 is 2.79 bits per heavy atom. The predicted molar refractivity (Wildman–Crippen MR) is 54.5 cm³/mol. The first kappa shape index (κ1) is 11.3. The molecule has 0 amide bonds. The lowest BCUT2D eigenvalue weighted by Crippen LogP contribution is -2.29. The molecule has 1 unspecified atom stereocenters. The molecule has 0 saturated carbocycles. The van der Waals surface area contributed by atoms with Gasteiger partial charge in [-0.05, 0) is 24.6 Å². The Labute approximate surface area is 89.9 Å². The largest absolute Gasteiger partial charge is 0.382 e. The second kappa shape index (κ2) is 4.19. The Morgan fingerprint density at radius 1 is 1.64 bits per heavy atom. The van der Waals surface area contributed by atoms with Crippen molar-refractivity contribution in [2.45, 2.75) is 18.9 Å². The van der Waals surface area contributed by atoms with Crippen molar-refractivity contribution in [2.24, 2.45) is 0 Å². The van der Waals surface area contributed by atoms with Crippen molar-refractivity contribution in [3.05, 3.63) is 34.1 Å². The smallest absolute Gasteiger partial charge is 0.151 e. The third-order valence-corrected chi connectivity index (χ3v) is 2.31. The number of rotatable bonds is 3. The molecule has 0 radical (unpaired) electrons. The quantitative estimate of drug-likeness (QED) is 0.846. The van der Waals surface area contributed by atoms with Gasteiger partial charge in [-0.1, -0.05) is 22.0 Å². The van der Waals surface area contributed by atoms with Crippen LogP contribution in [-0.2, 0) is 11.2 Å². The third-order valence-electron chi connectivity index (χ3n) is 1.82. The first-order chi connectivity index (χ1) is 6.44. The van der Waals surface area contributed by atoms with Gasteiger partial charge in [-0.2, -0.15) is 0 Å². The Hall–Kier alpha value is -0.740. The van der Waals surface area contributed by atoms with Crippen LogP contribution in [0, 0.1) is 5.82 Å². The number of benzene rings is 1. The summed E-state index contributed by atoms with van der Waals surface area (Å²) in [5, 5.41) is 9.42. The van der Waals surface area contributed by atoms with Crippen LogP contribution in [0.3, 0.4) is 0 Å². The van der Waals surface area contributed by atoms with Crippen LogP contribution in [0.15, 0.2) is 22.7 Å². The van der Waals surface area contributed by atoms with E-state index in [0.717, 1.165) is 0 Å². The Balaban J connectivity index is 2.92. The Kier molecular flexibility index (Phi) is 3.39. The highest BCUT2D eigenvalue weighted by Crippen LogP contribution is 2.18. The van der Waals surface area contributed by atoms with Crippen LogP contribution in [0.4, 0.5) is 4.39 Å². The third kappa shape index (κ3) is 2.89. The van der Waals surface area contributed by atoms with E-state index in [-0.39, 0.29) is 6.42 Å². The molecule has 0 aliphatic rings. The lowest BCUT2D eigenvalue weighted by atomic mass is 9.98. The molecule has 0 saturated heterocycles. The highest BCUT2D eigenvalue weighted by molar-refractivity contribution is 9.10. The van der Waals surface area contributed by atoms with Gasteiger partial charge < -0.3 is 9.90 Å². The molecule has 14 heavy (non-hydrogen) atoms. The van der Waals surface area contributed by atoms with E-state index in [1.165, 1.54) is 19.1 Å². The SMILES string of the molecule is CC(O)(C=O)Cc1ccc(Br)cc1F. The minimum Gasteiger partial charge on any atom is -0.382 e. The van der Waals surface area contributed by atoms with Crippen LogP contribution in [0.1, 0.15) is 12.5 Å². The van der Waals surface area contributed by atoms with Gasteiger partial charge >= 0.3 is 0 Å². The van der Waals surface area contributed by atoms with Crippen LogP contribution in [-0.4, -0.2) is 17.0 Å². The average molecular weight is 261 g/mol. The average Bonchev–Trinajstić information content (AvgIpc) is 2.10. The fraction of sp³-hybridized carbons (Fsp3) is 0.300. The summed E-state index contributed by atoms with van der Waals surface area (Å²) in [6, 6.07) is 4.51. The molecule has 0 aliphatic carbocycles. The van der Waals surface area contributed by atoms with Crippen LogP contribution in [0.2, 0.25) is 0 Å². The lowest BCUT2D eigenvalue weighted by Gasteiger charge is -2.15. The molecule has 76 valence electrons. The Morgan fingerprint density at radius 2 is 2.29 bits per heavy atom. The number of hydrogen-bond donors (Lipinski definition) is 1. The summed E-state index contributed by atoms with van der Waals surface area (Å²) in [5.41, 5.74) is -1.18. The van der Waals surface area contributed by atoms with E-state index in [0.29, 0.717) is 16.3 Å². The van der Waals surface area contributed by atoms with Crippen molar-refractivity contribution in [3.63, 3.8) is 0 Å². The summed E-state index contributed by atoms with van der Waals surface area (Å²) in [4.78, 5) is 10.4. The van der Waals surface area contributed by atoms with Crippen molar-refractivity contribution >= 4 is 22.2 Å². The van der Waals surface area contributed by atoms with Gasteiger partial charge in [-0.25, -0.2) is 4.39 Å². The highest BCUT2D eigenvalue weighted by atomic mass is 79.9. The summed E-state index contributed by atoms with van der Waals surface area (Å²) in [7, 11) is 0. The van der Waals surface area contributed by atoms with Gasteiger partial charge in [0.25, 0.3) is 0 Å². The van der Waals surface area contributed by atoms with Crippen molar-refractivity contribution in [2.75, 3.05) is 0 Å². The lowest BCUT2D eigenvalue weighted by molar-refractivity contribution is -0.122. The number of aliphatic hydroxyl groups is 1. The minimum absolute atomic E-state index is 0.0182. The number of aldehydes is 1. The van der Waals surface area contributed by atoms with Gasteiger partial charge in [0.1, 0.15) is 11.4 Å². The maximum absolute atomic E-state index is 13.3. The molecule has 0 fully saturated rings. The molecule has 1 aromatic rings. The van der Waals surface area contributed by atoms with Crippen molar-refractivity contribution < 1.29 is 14.3 Å². The zero-order valence-electron chi connectivity index (χ0n) is 7.63. The van der Waals surface area contributed by atoms with Gasteiger partial charge in [0.15, 0.2) is 6.29 Å². The van der Waals surface area contributed by atoms with Gasteiger partial charge in [0.05, 0.1) is 0 Å². The molecule has 0 spiro atoms. The number of carbonyl (C=O) groups excluding carboxylic acids is 1. The molecule has 1 rings (SSSR count). The summed E-state index contributed by atoms with van der Waals surface area (Å²) in [5.74, 6) is -0.429. The zero-order valence-corrected chi connectivity index (χ0v) is 9.21. The second-order valence-corrected chi connectivity index (χ2v) is 4.30. The molecule has 1 N–H and O–H groups in total. The van der Waals surface area contributed by atoms with E-state index in [1.807, 2.05) is 0 Å². The molecule has 0 heterocycles. The van der Waals surface area contributed by atoms with E-state index in [2.05, 4.69) is 15.9 Å². The molecule has 2 nitrogen and oxygen atoms in total. The molecular formula is C10H10BrFO2. The number of halogens is 2. The van der Waals surface area contributed by atoms with Gasteiger partial charge in [0.2, 0.25) is 0 Å². The topological polar surface area (TPSA) is 37.3 Å². The van der Waals surface area contributed by atoms with Crippen LogP contribution < -0.4 is 0 Å². The normalized spacial score (nSPS) is 14.9. The van der Waals surface area contributed by atoms with Crippen LogP contribution in [0.25, 0.3) is 0 Å². The highest BCUT2D eigenvalue weighted by Gasteiger charge is 2.21. The molecular weight excluding hydrogens is 251 g/mol. The number of hydrogen-bond acceptors (Lipinski definition) is 2. The molecule has 0 aliphatic heterocycles. The van der Waals surface area contributed by atoms with Crippen LogP contribution in [0.5, 0.6) is 0 Å². The molecule has 1 aromatic carbocycles. The fourth-order valence-corrected chi connectivity index (χ4v) is 1.43. The van der Waals surface area contributed by atoms with Crippen molar-refractivity contribution in [1.82, 2.24) is 0 Å². The van der Waals surface area contributed by atoms with Crippen molar-refractivity contribution in [3.8, 4) is 0 Å². The number of carbonyl (C=O) groups is 1. The molecule has 4 heteroatoms. The molecule has 0 bridgehead atoms. The zero-order chi connectivity index (χ0) is 10.8. The Bertz CT molecular complexity index is 350. The molecule has 0 aromatic heterocycles. The summed E-state index contributed by atoms with van der Waals surface area (Å²) >= 11 is 3.12. The standard InChI is InChI=1S/C10H10BrFO2/c1-10(14,6-13)5-7-2-3-8(11)4-9(7)12/h2-4,6,14H,5H2,1H3. The summed E-state index contributed by atoms with van der Waals surface area (Å²) in [6.07, 6.45) is 0.393. The fourth-order valence-electron chi connectivity index (χ4n) is 1.09. The van der Waals surface area contributed by atoms with E-state index < -0.39 is 11.4 Å². The maximum atomic E-state index is 13.3. The van der Waals surface area contributed by atoms with Gasteiger partial charge in [-0.3, -0.25) is 0 Å². The monoisotopic (exact) mass is 260 g/mol. The van der Waals surface area contributed by atoms with E-state index in [9.17, 15) is 14.3 Å². The van der Waals surface area contributed by atoms with Gasteiger partial charge in [0, 0.05) is 10.9 Å². The first-order valence-electron chi connectivity index (χ1n) is 4.07. The first-order valence-corrected chi connectivity index (χ1v) is 4.86. The molecule has 1 atom stereocenters. The summed E-state index contributed by atoms with van der Waals surface area (Å²) in [6.45, 7) is 1.35. The van der Waals surface area contributed by atoms with Crippen molar-refractivity contribution in [1.29, 1.82) is 0 Å². The van der Waals surface area contributed by atoms with E-state index >= 15 is 0 Å². The van der Waals surface area contributed by atoms with Crippen LogP contribution >= 0.6 is 15.9 Å².